The van der Waals surface area contributed by atoms with Gasteiger partial charge in [-0.25, -0.2) is 0 Å². The molecule has 4 rings (SSSR count). The van der Waals surface area contributed by atoms with Crippen molar-refractivity contribution >= 4 is 34.1 Å². The number of hydrogen-bond donors (Lipinski definition) is 2. The largest absolute Gasteiger partial charge is 0.384 e. The lowest BCUT2D eigenvalue weighted by Crippen LogP contribution is -2.47. The van der Waals surface area contributed by atoms with E-state index in [1.807, 2.05) is 60.8 Å². The zero-order chi connectivity index (χ0) is 23.6. The van der Waals surface area contributed by atoms with Crippen LogP contribution >= 0.6 is 11.6 Å². The number of amides is 1. The van der Waals surface area contributed by atoms with E-state index in [0.717, 1.165) is 87.4 Å². The van der Waals surface area contributed by atoms with Gasteiger partial charge in [0.05, 0.1) is 11.9 Å². The molecule has 1 aliphatic rings. The summed E-state index contributed by atoms with van der Waals surface area (Å²) in [5.74, 6) is 0.105. The number of carbonyl (C=O) groups excluding carboxylic acids is 1. The lowest BCUT2D eigenvalue weighted by Gasteiger charge is -2.34. The van der Waals surface area contributed by atoms with Crippen LogP contribution in [0.1, 0.15) is 18.4 Å². The summed E-state index contributed by atoms with van der Waals surface area (Å²) in [6.45, 7) is 8.24. The Balaban J connectivity index is 1.06. The molecule has 0 bridgehead atoms. The van der Waals surface area contributed by atoms with Crippen molar-refractivity contribution in [2.24, 2.45) is 0 Å². The van der Waals surface area contributed by atoms with Crippen LogP contribution in [0, 0.1) is 0 Å². The van der Waals surface area contributed by atoms with Crippen molar-refractivity contribution < 1.29 is 4.79 Å². The molecule has 3 aromatic rings. The number of nitrogens with zero attached hydrogens (tertiary/aromatic N) is 3. The third kappa shape index (κ3) is 7.42. The second kappa shape index (κ2) is 12.7. The number of aromatic nitrogens is 1. The number of anilines is 1. The average molecular weight is 480 g/mol. The second-order valence-corrected chi connectivity index (χ2v) is 9.29. The summed E-state index contributed by atoms with van der Waals surface area (Å²) in [5, 5.41) is 8.43. The quantitative estimate of drug-likeness (QED) is 0.406. The standard InChI is InChI=1S/C27H34ClN5O/c28-23-8-9-24-25(10-13-30-26(24)21-23)29-11-4-14-32-16-18-33(19-17-32)15-5-12-31-27(34)20-22-6-2-1-3-7-22/h1-3,6-10,13,21H,4-5,11-12,14-20H2,(H,29,30)(H,31,34). The van der Waals surface area contributed by atoms with Crippen LogP contribution in [0.25, 0.3) is 10.9 Å². The molecule has 180 valence electrons. The number of fused-ring (bicyclic) bond motifs is 1. The van der Waals surface area contributed by atoms with E-state index in [9.17, 15) is 4.79 Å². The van der Waals surface area contributed by atoms with Gasteiger partial charge >= 0.3 is 0 Å². The third-order valence-corrected chi connectivity index (χ3v) is 6.55. The number of nitrogens with one attached hydrogen (secondary N) is 2. The Labute approximate surface area is 207 Å². The van der Waals surface area contributed by atoms with Crippen LogP contribution in [-0.2, 0) is 11.2 Å². The van der Waals surface area contributed by atoms with Gasteiger partial charge in [0.1, 0.15) is 0 Å². The Morgan fingerprint density at radius 1 is 0.912 bits per heavy atom. The minimum atomic E-state index is 0.105. The minimum absolute atomic E-state index is 0.105. The maximum Gasteiger partial charge on any atom is 0.224 e. The smallest absolute Gasteiger partial charge is 0.224 e. The fraction of sp³-hybridized carbons (Fsp3) is 0.407. The van der Waals surface area contributed by atoms with E-state index >= 15 is 0 Å². The highest BCUT2D eigenvalue weighted by Crippen LogP contribution is 2.24. The third-order valence-electron chi connectivity index (χ3n) is 6.32. The van der Waals surface area contributed by atoms with Crippen molar-refractivity contribution in [2.75, 3.05) is 57.7 Å². The summed E-state index contributed by atoms with van der Waals surface area (Å²) in [4.78, 5) is 21.5. The number of hydrogen-bond acceptors (Lipinski definition) is 5. The van der Waals surface area contributed by atoms with Crippen molar-refractivity contribution in [1.82, 2.24) is 20.1 Å². The maximum atomic E-state index is 12.1. The average Bonchev–Trinajstić information content (AvgIpc) is 2.86. The molecule has 0 saturated carbocycles. The van der Waals surface area contributed by atoms with Crippen molar-refractivity contribution in [2.45, 2.75) is 19.3 Å². The monoisotopic (exact) mass is 479 g/mol. The lowest BCUT2D eigenvalue weighted by molar-refractivity contribution is -0.120. The Morgan fingerprint density at radius 3 is 2.35 bits per heavy atom. The Kier molecular flexibility index (Phi) is 9.13. The SMILES string of the molecule is O=C(Cc1ccccc1)NCCCN1CCN(CCCNc2ccnc3cc(Cl)ccc23)CC1. The summed E-state index contributed by atoms with van der Waals surface area (Å²) in [7, 11) is 0. The molecule has 6 nitrogen and oxygen atoms in total. The molecule has 0 aliphatic carbocycles. The minimum Gasteiger partial charge on any atom is -0.384 e. The highest BCUT2D eigenvalue weighted by Gasteiger charge is 2.16. The Bertz CT molecular complexity index is 1050. The number of piperazine rings is 1. The van der Waals surface area contributed by atoms with E-state index in [-0.39, 0.29) is 5.91 Å². The van der Waals surface area contributed by atoms with Gasteiger partial charge in [-0.1, -0.05) is 41.9 Å². The van der Waals surface area contributed by atoms with E-state index in [0.29, 0.717) is 11.4 Å². The zero-order valence-electron chi connectivity index (χ0n) is 19.7. The first-order chi connectivity index (χ1) is 16.7. The molecule has 7 heteroatoms. The van der Waals surface area contributed by atoms with Crippen LogP contribution in [0.3, 0.4) is 0 Å². The Hall–Kier alpha value is -2.67. The Morgan fingerprint density at radius 2 is 1.62 bits per heavy atom. The first-order valence-electron chi connectivity index (χ1n) is 12.2. The highest BCUT2D eigenvalue weighted by molar-refractivity contribution is 6.31. The van der Waals surface area contributed by atoms with Crippen LogP contribution in [0.15, 0.2) is 60.8 Å². The summed E-state index contributed by atoms with van der Waals surface area (Å²) < 4.78 is 0. The first kappa shape index (κ1) is 24.5. The molecular weight excluding hydrogens is 446 g/mol. The van der Waals surface area contributed by atoms with Crippen LogP contribution in [0.4, 0.5) is 5.69 Å². The number of rotatable bonds is 11. The molecule has 2 N–H and O–H groups in total. The van der Waals surface area contributed by atoms with Gasteiger partial charge in [0.2, 0.25) is 5.91 Å². The van der Waals surface area contributed by atoms with Gasteiger partial charge in [-0.05, 0) is 55.8 Å². The van der Waals surface area contributed by atoms with Gasteiger partial charge < -0.3 is 20.4 Å². The molecule has 1 saturated heterocycles. The molecule has 34 heavy (non-hydrogen) atoms. The van der Waals surface area contributed by atoms with E-state index in [1.165, 1.54) is 0 Å². The van der Waals surface area contributed by atoms with Crippen LogP contribution in [-0.4, -0.2) is 73.0 Å². The number of benzene rings is 2. The van der Waals surface area contributed by atoms with Gasteiger partial charge in [-0.15, -0.1) is 0 Å². The van der Waals surface area contributed by atoms with Gasteiger partial charge in [-0.2, -0.15) is 0 Å². The molecule has 1 fully saturated rings. The van der Waals surface area contributed by atoms with Crippen LogP contribution < -0.4 is 10.6 Å². The van der Waals surface area contributed by atoms with E-state index in [2.05, 4.69) is 25.4 Å². The number of pyridine rings is 1. The van der Waals surface area contributed by atoms with E-state index in [4.69, 9.17) is 11.6 Å². The molecule has 1 aromatic heterocycles. The molecule has 0 spiro atoms. The molecule has 0 radical (unpaired) electrons. The lowest BCUT2D eigenvalue weighted by atomic mass is 10.1. The van der Waals surface area contributed by atoms with Crippen molar-refractivity contribution in [1.29, 1.82) is 0 Å². The van der Waals surface area contributed by atoms with Crippen molar-refractivity contribution in [3.8, 4) is 0 Å². The molecule has 0 atom stereocenters. The summed E-state index contributed by atoms with van der Waals surface area (Å²) >= 11 is 6.08. The summed E-state index contributed by atoms with van der Waals surface area (Å²) in [6.07, 6.45) is 4.38. The topological polar surface area (TPSA) is 60.5 Å². The summed E-state index contributed by atoms with van der Waals surface area (Å²) in [5.41, 5.74) is 3.09. The normalized spacial score (nSPS) is 14.9. The van der Waals surface area contributed by atoms with E-state index < -0.39 is 0 Å². The number of halogens is 1. The summed E-state index contributed by atoms with van der Waals surface area (Å²) in [6, 6.07) is 17.8. The van der Waals surface area contributed by atoms with Crippen LogP contribution in [0.5, 0.6) is 0 Å². The predicted molar refractivity (Wildman–Crippen MR) is 141 cm³/mol. The molecule has 2 heterocycles. The first-order valence-corrected chi connectivity index (χ1v) is 12.6. The molecular formula is C27H34ClN5O. The fourth-order valence-electron chi connectivity index (χ4n) is 4.41. The fourth-order valence-corrected chi connectivity index (χ4v) is 4.58. The van der Waals surface area contributed by atoms with Gasteiger partial charge in [-0.3, -0.25) is 9.78 Å². The maximum absolute atomic E-state index is 12.1. The van der Waals surface area contributed by atoms with Gasteiger partial charge in [0, 0.05) is 61.6 Å². The van der Waals surface area contributed by atoms with Gasteiger partial charge in [0.25, 0.3) is 0 Å². The molecule has 1 aliphatic heterocycles. The predicted octanol–water partition coefficient (Wildman–Crippen LogP) is 4.06. The molecule has 0 unspecified atom stereocenters. The van der Waals surface area contributed by atoms with Crippen LogP contribution in [0.2, 0.25) is 5.02 Å². The highest BCUT2D eigenvalue weighted by atomic mass is 35.5. The van der Waals surface area contributed by atoms with Crippen molar-refractivity contribution in [3.05, 3.63) is 71.4 Å². The van der Waals surface area contributed by atoms with E-state index in [1.54, 1.807) is 0 Å². The molecule has 1 amide bonds. The second-order valence-electron chi connectivity index (χ2n) is 8.85. The van der Waals surface area contributed by atoms with Gasteiger partial charge in [0.15, 0.2) is 0 Å². The van der Waals surface area contributed by atoms with Crippen molar-refractivity contribution in [3.63, 3.8) is 0 Å². The molecule has 2 aromatic carbocycles. The number of carbonyl (C=O) groups is 1. The zero-order valence-corrected chi connectivity index (χ0v) is 20.4.